The van der Waals surface area contributed by atoms with Gasteiger partial charge in [-0.2, -0.15) is 0 Å². The van der Waals surface area contributed by atoms with Crippen molar-refractivity contribution in [1.29, 1.82) is 0 Å². The number of carbonyl (C=O) groups is 1. The van der Waals surface area contributed by atoms with E-state index >= 15 is 4.39 Å². The Balaban J connectivity index is 1.86. The number of alkyl halides is 2. The number of hydrogen-bond donors (Lipinski definition) is 2. The Bertz CT molecular complexity index is 690. The van der Waals surface area contributed by atoms with Crippen molar-refractivity contribution in [2.24, 2.45) is 28.6 Å². The Morgan fingerprint density at radius 3 is 2.60 bits per heavy atom. The molecule has 2 N–H and O–H groups in total. The first-order valence-electron chi connectivity index (χ1n) is 9.20. The molecule has 0 spiro atoms. The Kier molecular flexibility index (Phi) is 3.66. The molecule has 138 valence electrons. The molecule has 0 aromatic carbocycles. The molecule has 25 heavy (non-hydrogen) atoms. The van der Waals surface area contributed by atoms with E-state index in [-0.39, 0.29) is 30.0 Å². The summed E-state index contributed by atoms with van der Waals surface area (Å²) in [5.41, 5.74) is -0.962. The van der Waals surface area contributed by atoms with Crippen LogP contribution in [-0.4, -0.2) is 39.3 Å². The molecule has 5 heteroatoms. The first-order valence-corrected chi connectivity index (χ1v) is 9.58. The predicted octanol–water partition coefficient (Wildman–Crippen LogP) is 3.18. The Morgan fingerprint density at radius 2 is 1.92 bits per heavy atom. The zero-order valence-electron chi connectivity index (χ0n) is 14.9. The molecule has 0 aromatic rings. The molecule has 4 rings (SSSR count). The van der Waals surface area contributed by atoms with Crippen molar-refractivity contribution in [3.8, 4) is 0 Å². The van der Waals surface area contributed by atoms with Crippen molar-refractivity contribution in [1.82, 2.24) is 0 Å². The number of halogens is 2. The molecule has 3 nitrogen and oxygen atoms in total. The Labute approximate surface area is 152 Å². The van der Waals surface area contributed by atoms with Crippen molar-refractivity contribution in [2.45, 2.75) is 63.3 Å². The summed E-state index contributed by atoms with van der Waals surface area (Å²) >= 11 is 7.18. The van der Waals surface area contributed by atoms with E-state index in [1.165, 1.54) is 12.2 Å². The molecule has 0 saturated heterocycles. The topological polar surface area (TPSA) is 57.5 Å². The highest BCUT2D eigenvalue weighted by atomic mass is 35.5. The lowest BCUT2D eigenvalue weighted by molar-refractivity contribution is -0.124. The third kappa shape index (κ3) is 1.97. The van der Waals surface area contributed by atoms with E-state index in [1.807, 2.05) is 20.8 Å². The number of aliphatic hydroxyl groups is 2. The lowest BCUT2D eigenvalue weighted by Crippen LogP contribution is -2.67. The molecule has 0 radical (unpaired) electrons. The van der Waals surface area contributed by atoms with Crippen LogP contribution in [0.25, 0.3) is 0 Å². The van der Waals surface area contributed by atoms with E-state index in [4.69, 9.17) is 11.6 Å². The molecule has 0 aliphatic heterocycles. The number of fused-ring (bicyclic) bond motifs is 5. The van der Waals surface area contributed by atoms with Gasteiger partial charge in [-0.15, -0.1) is 11.6 Å². The fraction of sp³-hybridized carbons (Fsp3) is 0.750. The van der Waals surface area contributed by atoms with E-state index < -0.39 is 34.1 Å². The van der Waals surface area contributed by atoms with E-state index in [1.54, 1.807) is 6.08 Å². The maximum atomic E-state index is 15.1. The first kappa shape index (κ1) is 17.7. The lowest BCUT2D eigenvalue weighted by Gasteiger charge is -2.63. The van der Waals surface area contributed by atoms with Crippen molar-refractivity contribution >= 4 is 17.4 Å². The van der Waals surface area contributed by atoms with Gasteiger partial charge in [0.05, 0.1) is 17.1 Å². The molecule has 4 aliphatic rings. The van der Waals surface area contributed by atoms with Gasteiger partial charge in [-0.3, -0.25) is 4.79 Å². The number of hydrogen-bond acceptors (Lipinski definition) is 3. The summed E-state index contributed by atoms with van der Waals surface area (Å²) in [6.07, 6.45) is 3.23. The highest BCUT2D eigenvalue weighted by Gasteiger charge is 2.71. The molecule has 0 amide bonds. The van der Waals surface area contributed by atoms with Crippen LogP contribution in [0.15, 0.2) is 23.8 Å². The second kappa shape index (κ2) is 5.17. The minimum Gasteiger partial charge on any atom is -0.392 e. The van der Waals surface area contributed by atoms with Gasteiger partial charge in [-0.1, -0.05) is 26.8 Å². The second-order valence-electron chi connectivity index (χ2n) is 9.11. The van der Waals surface area contributed by atoms with Gasteiger partial charge in [0.1, 0.15) is 6.17 Å². The van der Waals surface area contributed by atoms with Crippen molar-refractivity contribution in [3.05, 3.63) is 23.8 Å². The summed E-state index contributed by atoms with van der Waals surface area (Å²) < 4.78 is 15.1. The molecule has 0 aromatic heterocycles. The third-order valence-electron chi connectivity index (χ3n) is 7.90. The summed E-state index contributed by atoms with van der Waals surface area (Å²) in [6, 6.07) is 0. The molecule has 3 saturated carbocycles. The summed E-state index contributed by atoms with van der Waals surface area (Å²) in [6.45, 7) is 5.86. The number of ketones is 1. The van der Waals surface area contributed by atoms with Gasteiger partial charge in [0.15, 0.2) is 5.78 Å². The van der Waals surface area contributed by atoms with E-state index in [9.17, 15) is 15.0 Å². The minimum absolute atomic E-state index is 0.0565. The summed E-state index contributed by atoms with van der Waals surface area (Å²) in [5, 5.41) is 21.8. The van der Waals surface area contributed by atoms with Gasteiger partial charge in [0.25, 0.3) is 0 Å². The highest BCUT2D eigenvalue weighted by molar-refractivity contribution is 6.26. The fourth-order valence-corrected chi connectivity index (χ4v) is 7.04. The molecular weight excluding hydrogens is 343 g/mol. The van der Waals surface area contributed by atoms with Gasteiger partial charge in [-0.05, 0) is 60.2 Å². The van der Waals surface area contributed by atoms with Crippen LogP contribution >= 0.6 is 11.6 Å². The van der Waals surface area contributed by atoms with Crippen LogP contribution in [-0.2, 0) is 4.79 Å². The molecule has 9 atom stereocenters. The average molecular weight is 369 g/mol. The first-order chi connectivity index (χ1) is 11.6. The molecule has 0 bridgehead atoms. The summed E-state index contributed by atoms with van der Waals surface area (Å²) in [5.74, 6) is -0.319. The van der Waals surface area contributed by atoms with E-state index in [0.717, 1.165) is 6.42 Å². The maximum absolute atomic E-state index is 15.1. The smallest absolute Gasteiger partial charge is 0.178 e. The van der Waals surface area contributed by atoms with Crippen molar-refractivity contribution in [2.75, 3.05) is 0 Å². The Hall–Kier alpha value is -0.710. The molecule has 0 unspecified atom stereocenters. The molecule has 3 fully saturated rings. The number of allylic oxidation sites excluding steroid dienone is 4. The van der Waals surface area contributed by atoms with Crippen LogP contribution in [0.4, 0.5) is 4.39 Å². The van der Waals surface area contributed by atoms with Crippen LogP contribution in [0, 0.1) is 28.6 Å². The molecule has 0 heterocycles. The SMILES string of the molecule is C[C@@H]1C[C@H]2[C@@H]3C[C@H](F)C4=CC(=O)C=C[C@]4(C)[C@@]3(Cl)[C@@H](O)C[C@]2(C)[C@@H]1O. The third-order valence-corrected chi connectivity index (χ3v) is 8.83. The van der Waals surface area contributed by atoms with E-state index in [0.29, 0.717) is 12.0 Å². The van der Waals surface area contributed by atoms with Gasteiger partial charge in [-0.25, -0.2) is 4.39 Å². The second-order valence-corrected chi connectivity index (χ2v) is 9.73. The largest absolute Gasteiger partial charge is 0.392 e. The van der Waals surface area contributed by atoms with Gasteiger partial charge < -0.3 is 10.2 Å². The summed E-state index contributed by atoms with van der Waals surface area (Å²) in [4.78, 5) is 10.7. The summed E-state index contributed by atoms with van der Waals surface area (Å²) in [7, 11) is 0. The molecular formula is C20H26ClFO3. The van der Waals surface area contributed by atoms with Gasteiger partial charge in [0.2, 0.25) is 0 Å². The number of carbonyl (C=O) groups excluding carboxylic acids is 1. The minimum atomic E-state index is -1.25. The van der Waals surface area contributed by atoms with Crippen LogP contribution in [0.5, 0.6) is 0 Å². The quantitative estimate of drug-likeness (QED) is 0.646. The predicted molar refractivity (Wildman–Crippen MR) is 93.9 cm³/mol. The normalized spacial score (nSPS) is 57.6. The standard InChI is InChI=1S/C20H26ClFO3/c1-10-6-12-13-8-15(22)14-7-11(23)4-5-19(14,3)20(13,21)16(24)9-18(12,2)17(10)25/h4-5,7,10,12-13,15-17,24-25H,6,8-9H2,1-3H3/t10-,12+,13+,15+,16+,17-,18+,19+,20+/m1/s1. The van der Waals surface area contributed by atoms with Crippen LogP contribution in [0.1, 0.15) is 40.0 Å². The Morgan fingerprint density at radius 1 is 1.24 bits per heavy atom. The van der Waals surface area contributed by atoms with E-state index in [2.05, 4.69) is 0 Å². The lowest BCUT2D eigenvalue weighted by atomic mass is 9.46. The average Bonchev–Trinajstić information content (AvgIpc) is 2.76. The monoisotopic (exact) mass is 368 g/mol. The zero-order valence-corrected chi connectivity index (χ0v) is 15.6. The number of rotatable bonds is 0. The van der Waals surface area contributed by atoms with Crippen molar-refractivity contribution in [3.63, 3.8) is 0 Å². The van der Waals surface area contributed by atoms with Crippen LogP contribution in [0.2, 0.25) is 0 Å². The van der Waals surface area contributed by atoms with Crippen molar-refractivity contribution < 1.29 is 19.4 Å². The zero-order chi connectivity index (χ0) is 18.4. The highest BCUT2D eigenvalue weighted by Crippen LogP contribution is 2.69. The fourth-order valence-electron chi connectivity index (χ4n) is 6.55. The van der Waals surface area contributed by atoms with Crippen LogP contribution in [0.3, 0.4) is 0 Å². The van der Waals surface area contributed by atoms with Gasteiger partial charge >= 0.3 is 0 Å². The maximum Gasteiger partial charge on any atom is 0.178 e. The van der Waals surface area contributed by atoms with Gasteiger partial charge in [0, 0.05) is 5.41 Å². The van der Waals surface area contributed by atoms with Crippen LogP contribution < -0.4 is 0 Å². The number of aliphatic hydroxyl groups excluding tert-OH is 2. The molecule has 4 aliphatic carbocycles.